The minimum atomic E-state index is -0.633. The number of benzene rings is 1. The Labute approximate surface area is 226 Å². The Morgan fingerprint density at radius 2 is 1.86 bits per heavy atom. The third-order valence-corrected chi connectivity index (χ3v) is 11.1. The number of amides is 3. The number of halogens is 1. The number of aliphatic hydroxyl groups is 1. The third-order valence-electron chi connectivity index (χ3n) is 7.93. The van der Waals surface area contributed by atoms with Crippen molar-refractivity contribution in [2.24, 2.45) is 11.8 Å². The zero-order valence-corrected chi connectivity index (χ0v) is 23.8. The van der Waals surface area contributed by atoms with E-state index in [4.69, 9.17) is 5.11 Å². The molecule has 3 amide bonds. The minimum absolute atomic E-state index is 0.0296. The second-order valence-corrected chi connectivity index (χ2v) is 13.1. The Hall–Kier alpha value is -1.58. The van der Waals surface area contributed by atoms with Crippen molar-refractivity contribution in [3.05, 3.63) is 29.3 Å². The lowest BCUT2D eigenvalue weighted by Gasteiger charge is -2.35. The number of carbonyl (C=O) groups is 3. The molecule has 3 heterocycles. The molecule has 9 heteroatoms. The van der Waals surface area contributed by atoms with Crippen molar-refractivity contribution >= 4 is 51.1 Å². The largest absolute Gasteiger partial charge is 0.396 e. The maximum Gasteiger partial charge on any atom is 0.248 e. The summed E-state index contributed by atoms with van der Waals surface area (Å²) in [7, 11) is 0. The molecule has 3 saturated heterocycles. The van der Waals surface area contributed by atoms with E-state index in [0.717, 1.165) is 48.9 Å². The van der Waals surface area contributed by atoms with Gasteiger partial charge in [-0.2, -0.15) is 0 Å². The molecule has 3 fully saturated rings. The lowest BCUT2D eigenvalue weighted by molar-refractivity contribution is -0.139. The number of fused-ring (bicyclic) bond motifs is 1. The second-order valence-electron chi connectivity index (χ2n) is 10.4. The van der Waals surface area contributed by atoms with Crippen LogP contribution in [0.1, 0.15) is 56.6 Å². The van der Waals surface area contributed by atoms with Crippen LogP contribution < -0.4 is 10.6 Å². The summed E-state index contributed by atoms with van der Waals surface area (Å²) < 4.78 is -0.629. The molecule has 3 aliphatic rings. The van der Waals surface area contributed by atoms with Gasteiger partial charge < -0.3 is 20.6 Å². The quantitative estimate of drug-likeness (QED) is 0.274. The average Bonchev–Trinajstić information content (AvgIpc) is 3.43. The van der Waals surface area contributed by atoms with Gasteiger partial charge in [-0.3, -0.25) is 14.4 Å². The lowest BCUT2D eigenvalue weighted by atomic mass is 9.70. The van der Waals surface area contributed by atoms with Crippen molar-refractivity contribution in [3.63, 3.8) is 0 Å². The van der Waals surface area contributed by atoms with Gasteiger partial charge in [0.05, 0.1) is 16.6 Å². The van der Waals surface area contributed by atoms with Gasteiger partial charge in [0.15, 0.2) is 0 Å². The number of aliphatic hydroxyl groups excluding tert-OH is 1. The summed E-state index contributed by atoms with van der Waals surface area (Å²) in [6.07, 6.45) is 4.78. The smallest absolute Gasteiger partial charge is 0.248 e. The van der Waals surface area contributed by atoms with Gasteiger partial charge in [-0.05, 0) is 50.7 Å². The fourth-order valence-electron chi connectivity index (χ4n) is 6.29. The van der Waals surface area contributed by atoms with Crippen LogP contribution in [0.2, 0.25) is 0 Å². The van der Waals surface area contributed by atoms with Crippen molar-refractivity contribution < 1.29 is 19.5 Å². The molecule has 3 aliphatic heterocycles. The Morgan fingerprint density at radius 3 is 2.53 bits per heavy atom. The van der Waals surface area contributed by atoms with Crippen molar-refractivity contribution in [2.45, 2.75) is 80.2 Å². The molecule has 3 unspecified atom stereocenters. The van der Waals surface area contributed by atoms with Crippen LogP contribution in [0, 0.1) is 25.7 Å². The van der Waals surface area contributed by atoms with Crippen LogP contribution in [0.5, 0.6) is 0 Å². The molecule has 1 spiro atoms. The van der Waals surface area contributed by atoms with E-state index in [2.05, 4.69) is 26.6 Å². The predicted octanol–water partition coefficient (Wildman–Crippen LogP) is 3.79. The number of anilines is 1. The summed E-state index contributed by atoms with van der Waals surface area (Å²) in [4.78, 5) is 43.1. The zero-order valence-electron chi connectivity index (χ0n) is 21.4. The standard InChI is InChI=1S/C27H38BrN3O4S/c1-4-12-29-24(33)19-20-26(35)31(13-7-5-6-8-14-32)23(27(20)15-18(28)22(19)36-27)25(34)30-21-16(2)10-9-11-17(21)3/h9-11,18-20,22-23,32H,4-8,12-15H2,1-3H3,(H,29,33)(H,30,34)/t18?,19-,20+,22-,23?,27?/m1/s1. The fraction of sp³-hybridized carbons (Fsp3) is 0.667. The summed E-state index contributed by atoms with van der Waals surface area (Å²) in [5.41, 5.74) is 2.76. The van der Waals surface area contributed by atoms with Gasteiger partial charge in [-0.25, -0.2) is 0 Å². The highest BCUT2D eigenvalue weighted by Crippen LogP contribution is 2.67. The maximum absolute atomic E-state index is 14.0. The van der Waals surface area contributed by atoms with Crippen molar-refractivity contribution in [1.29, 1.82) is 0 Å². The Balaban J connectivity index is 1.66. The van der Waals surface area contributed by atoms with Gasteiger partial charge in [0.2, 0.25) is 17.7 Å². The first kappa shape index (κ1) is 27.5. The first-order chi connectivity index (χ1) is 17.3. The van der Waals surface area contributed by atoms with Crippen LogP contribution in [-0.4, -0.2) is 68.3 Å². The first-order valence-corrected chi connectivity index (χ1v) is 14.9. The zero-order chi connectivity index (χ0) is 26.0. The van der Waals surface area contributed by atoms with E-state index in [9.17, 15) is 14.4 Å². The van der Waals surface area contributed by atoms with Gasteiger partial charge >= 0.3 is 0 Å². The number of alkyl halides is 1. The highest BCUT2D eigenvalue weighted by Gasteiger charge is 2.75. The number of hydrogen-bond donors (Lipinski definition) is 3. The number of para-hydroxylation sites is 1. The number of unbranched alkanes of at least 4 members (excludes halogenated alkanes) is 3. The number of likely N-dealkylation sites (tertiary alicyclic amines) is 1. The number of rotatable bonds is 11. The number of carbonyl (C=O) groups excluding carboxylic acids is 3. The van der Waals surface area contributed by atoms with Crippen molar-refractivity contribution in [3.8, 4) is 0 Å². The molecule has 3 N–H and O–H groups in total. The molecule has 0 aromatic heterocycles. The van der Waals surface area contributed by atoms with E-state index in [1.54, 1.807) is 16.7 Å². The Morgan fingerprint density at radius 1 is 1.17 bits per heavy atom. The molecule has 36 heavy (non-hydrogen) atoms. The molecule has 0 aliphatic carbocycles. The number of hydrogen-bond acceptors (Lipinski definition) is 5. The fourth-order valence-corrected chi connectivity index (χ4v) is 9.90. The monoisotopic (exact) mass is 579 g/mol. The molecule has 198 valence electrons. The van der Waals surface area contributed by atoms with Gasteiger partial charge in [0, 0.05) is 35.5 Å². The Bertz CT molecular complexity index is 987. The number of nitrogens with one attached hydrogen (secondary N) is 2. The SMILES string of the molecule is CCCNC(=O)[C@H]1[C@@H]2SC3(CC2Br)C(C(=O)Nc2c(C)cccc2C)N(CCCCCCO)C(=O)[C@H]13. The molecule has 6 atom stereocenters. The highest BCUT2D eigenvalue weighted by molar-refractivity contribution is 9.09. The van der Waals surface area contributed by atoms with Crippen LogP contribution in [0.4, 0.5) is 5.69 Å². The van der Waals surface area contributed by atoms with Crippen molar-refractivity contribution in [2.75, 3.05) is 25.0 Å². The second kappa shape index (κ2) is 11.4. The molecule has 1 aromatic rings. The molecular formula is C27H38BrN3O4S. The van der Waals surface area contributed by atoms with E-state index in [0.29, 0.717) is 19.5 Å². The van der Waals surface area contributed by atoms with Gasteiger partial charge in [0.25, 0.3) is 0 Å². The normalized spacial score (nSPS) is 30.5. The molecule has 7 nitrogen and oxygen atoms in total. The van der Waals surface area contributed by atoms with Crippen LogP contribution in [0.25, 0.3) is 0 Å². The van der Waals surface area contributed by atoms with E-state index < -0.39 is 22.6 Å². The first-order valence-electron chi connectivity index (χ1n) is 13.1. The van der Waals surface area contributed by atoms with Gasteiger partial charge in [-0.1, -0.05) is 53.9 Å². The van der Waals surface area contributed by atoms with Crippen LogP contribution in [0.3, 0.4) is 0 Å². The Kier molecular flexibility index (Phi) is 8.72. The summed E-state index contributed by atoms with van der Waals surface area (Å²) in [5, 5.41) is 15.3. The third kappa shape index (κ3) is 4.83. The molecule has 4 rings (SSSR count). The summed E-state index contributed by atoms with van der Waals surface area (Å²) in [6, 6.07) is 5.28. The summed E-state index contributed by atoms with van der Waals surface area (Å²) >= 11 is 5.48. The summed E-state index contributed by atoms with van der Waals surface area (Å²) in [6.45, 7) is 7.18. The van der Waals surface area contributed by atoms with E-state index >= 15 is 0 Å². The molecule has 1 aromatic carbocycles. The minimum Gasteiger partial charge on any atom is -0.396 e. The summed E-state index contributed by atoms with van der Waals surface area (Å²) in [5.74, 6) is -1.24. The van der Waals surface area contributed by atoms with Crippen LogP contribution >= 0.6 is 27.7 Å². The topological polar surface area (TPSA) is 98.7 Å². The molecule has 0 saturated carbocycles. The number of thioether (sulfide) groups is 1. The van der Waals surface area contributed by atoms with Gasteiger partial charge in [0.1, 0.15) is 6.04 Å². The predicted molar refractivity (Wildman–Crippen MR) is 147 cm³/mol. The van der Waals surface area contributed by atoms with Gasteiger partial charge in [-0.15, -0.1) is 11.8 Å². The number of aryl methyl sites for hydroxylation is 2. The number of nitrogens with zero attached hydrogens (tertiary/aromatic N) is 1. The van der Waals surface area contributed by atoms with E-state index in [-0.39, 0.29) is 34.4 Å². The van der Waals surface area contributed by atoms with Crippen molar-refractivity contribution in [1.82, 2.24) is 10.2 Å². The molecule has 2 bridgehead atoms. The van der Waals surface area contributed by atoms with Crippen LogP contribution in [-0.2, 0) is 14.4 Å². The molecular weight excluding hydrogens is 542 g/mol. The lowest BCUT2D eigenvalue weighted by Crippen LogP contribution is -2.53. The maximum atomic E-state index is 14.0. The average molecular weight is 581 g/mol. The van der Waals surface area contributed by atoms with Crippen LogP contribution in [0.15, 0.2) is 18.2 Å². The van der Waals surface area contributed by atoms with E-state index in [1.807, 2.05) is 39.0 Å². The van der Waals surface area contributed by atoms with E-state index in [1.165, 1.54) is 0 Å². The molecule has 0 radical (unpaired) electrons. The highest BCUT2D eigenvalue weighted by atomic mass is 79.9.